The van der Waals surface area contributed by atoms with Gasteiger partial charge in [0.15, 0.2) is 0 Å². The summed E-state index contributed by atoms with van der Waals surface area (Å²) in [6, 6.07) is -0.149. The second-order valence-corrected chi connectivity index (χ2v) is 2.77. The lowest BCUT2D eigenvalue weighted by atomic mass is 10.2. The van der Waals surface area contributed by atoms with Crippen LogP contribution in [0.5, 0.6) is 0 Å². The second kappa shape index (κ2) is 4.18. The highest BCUT2D eigenvalue weighted by Gasteiger charge is 2.23. The summed E-state index contributed by atoms with van der Waals surface area (Å²) in [6.45, 7) is 0.626. The van der Waals surface area contributed by atoms with E-state index in [0.29, 0.717) is 0 Å². The molecule has 2 N–H and O–H groups in total. The van der Waals surface area contributed by atoms with Crippen molar-refractivity contribution >= 4 is 12.3 Å². The molecule has 5 nitrogen and oxygen atoms in total. The molecule has 0 aromatic heterocycles. The van der Waals surface area contributed by atoms with Crippen LogP contribution in [0.2, 0.25) is 0 Å². The number of aldehydes is 1. The molecule has 1 fully saturated rings. The van der Waals surface area contributed by atoms with Gasteiger partial charge >= 0.3 is 5.97 Å². The van der Waals surface area contributed by atoms with Gasteiger partial charge in [0.1, 0.15) is 12.8 Å². The first-order valence-electron chi connectivity index (χ1n) is 3.91. The van der Waals surface area contributed by atoms with Gasteiger partial charge in [-0.1, -0.05) is 0 Å². The summed E-state index contributed by atoms with van der Waals surface area (Å²) in [5.41, 5.74) is 2.68. The minimum atomic E-state index is -0.911. The van der Waals surface area contributed by atoms with Gasteiger partial charge in [-0.15, -0.1) is 0 Å². The lowest BCUT2D eigenvalue weighted by Crippen LogP contribution is -2.44. The molecule has 0 spiro atoms. The summed E-state index contributed by atoms with van der Waals surface area (Å²) in [4.78, 5) is 20.6. The molecule has 68 valence electrons. The van der Waals surface area contributed by atoms with Crippen LogP contribution < -0.4 is 5.43 Å². The fraction of sp³-hybridized carbons (Fsp3) is 0.714. The lowest BCUT2D eigenvalue weighted by molar-refractivity contribution is -0.137. The van der Waals surface area contributed by atoms with Crippen molar-refractivity contribution in [2.75, 3.05) is 13.1 Å². The molecular formula is C7H12N2O3. The molecule has 1 atom stereocenters. The van der Waals surface area contributed by atoms with E-state index in [2.05, 4.69) is 5.43 Å². The molecule has 1 aliphatic heterocycles. The number of carboxylic acids is 1. The van der Waals surface area contributed by atoms with E-state index in [1.807, 2.05) is 0 Å². The van der Waals surface area contributed by atoms with E-state index in [1.165, 1.54) is 0 Å². The maximum Gasteiger partial charge on any atom is 0.318 e. The Morgan fingerprint density at radius 2 is 2.50 bits per heavy atom. The fourth-order valence-corrected chi connectivity index (χ4v) is 1.30. The summed E-state index contributed by atoms with van der Waals surface area (Å²) in [5.74, 6) is -0.911. The molecule has 0 bridgehead atoms. The molecule has 1 aliphatic rings. The number of aliphatic carboxylic acids is 1. The average Bonchev–Trinajstić information content (AvgIpc) is 2.47. The number of nitrogens with one attached hydrogen (secondary N) is 1. The first kappa shape index (κ1) is 9.15. The number of hydrazine groups is 1. The molecule has 0 amide bonds. The molecule has 0 aromatic carbocycles. The van der Waals surface area contributed by atoms with E-state index in [9.17, 15) is 9.59 Å². The Balaban J connectivity index is 2.30. The first-order valence-corrected chi connectivity index (χ1v) is 3.91. The van der Waals surface area contributed by atoms with Crippen molar-refractivity contribution in [3.63, 3.8) is 0 Å². The monoisotopic (exact) mass is 172 g/mol. The van der Waals surface area contributed by atoms with Crippen LogP contribution in [0.15, 0.2) is 0 Å². The largest absolute Gasteiger partial charge is 0.480 e. The molecule has 12 heavy (non-hydrogen) atoms. The summed E-state index contributed by atoms with van der Waals surface area (Å²) in [7, 11) is 0. The van der Waals surface area contributed by atoms with Crippen molar-refractivity contribution < 1.29 is 14.7 Å². The Labute approximate surface area is 70.3 Å². The highest BCUT2D eigenvalue weighted by molar-refractivity contribution is 5.69. The van der Waals surface area contributed by atoms with Gasteiger partial charge < -0.3 is 9.90 Å². The Hall–Kier alpha value is -0.940. The van der Waals surface area contributed by atoms with Crippen LogP contribution in [-0.4, -0.2) is 41.5 Å². The van der Waals surface area contributed by atoms with Gasteiger partial charge in [-0.05, 0) is 12.8 Å². The smallest absolute Gasteiger partial charge is 0.318 e. The number of carbonyl (C=O) groups excluding carboxylic acids is 1. The molecule has 1 unspecified atom stereocenters. The zero-order chi connectivity index (χ0) is 8.97. The maximum atomic E-state index is 10.4. The summed E-state index contributed by atoms with van der Waals surface area (Å²) >= 11 is 0. The predicted octanol–water partition coefficient (Wildman–Crippen LogP) is -0.761. The van der Waals surface area contributed by atoms with Crippen molar-refractivity contribution in [3.8, 4) is 0 Å². The number of rotatable bonds is 4. The zero-order valence-electron chi connectivity index (χ0n) is 6.69. The summed E-state index contributed by atoms with van der Waals surface area (Å²) in [6.07, 6.45) is 2.61. The van der Waals surface area contributed by atoms with E-state index in [-0.39, 0.29) is 12.6 Å². The summed E-state index contributed by atoms with van der Waals surface area (Å²) < 4.78 is 0. The Morgan fingerprint density at radius 1 is 1.75 bits per heavy atom. The Morgan fingerprint density at radius 3 is 3.08 bits per heavy atom. The number of nitrogens with zero attached hydrogens (tertiary/aromatic N) is 1. The molecule has 0 saturated carbocycles. The van der Waals surface area contributed by atoms with Crippen molar-refractivity contribution in [1.29, 1.82) is 0 Å². The molecule has 1 saturated heterocycles. The molecule has 0 aromatic rings. The lowest BCUT2D eigenvalue weighted by Gasteiger charge is -2.19. The summed E-state index contributed by atoms with van der Waals surface area (Å²) in [5, 5.41) is 10.0. The van der Waals surface area contributed by atoms with Crippen LogP contribution in [0, 0.1) is 0 Å². The predicted molar refractivity (Wildman–Crippen MR) is 41.4 cm³/mol. The quantitative estimate of drug-likeness (QED) is 0.545. The van der Waals surface area contributed by atoms with E-state index in [4.69, 9.17) is 5.11 Å². The highest BCUT2D eigenvalue weighted by Crippen LogP contribution is 2.11. The minimum absolute atomic E-state index is 0.121. The van der Waals surface area contributed by atoms with Crippen LogP contribution in [-0.2, 0) is 9.59 Å². The van der Waals surface area contributed by atoms with Gasteiger partial charge in [-0.25, -0.2) is 10.4 Å². The molecule has 1 heterocycles. The van der Waals surface area contributed by atoms with Crippen LogP contribution in [0.4, 0.5) is 0 Å². The number of carbonyl (C=O) groups is 2. The molecule has 5 heteroatoms. The van der Waals surface area contributed by atoms with Gasteiger partial charge in [-0.2, -0.15) is 0 Å². The van der Waals surface area contributed by atoms with Crippen molar-refractivity contribution in [1.82, 2.24) is 10.4 Å². The van der Waals surface area contributed by atoms with Crippen molar-refractivity contribution in [3.05, 3.63) is 0 Å². The van der Waals surface area contributed by atoms with Gasteiger partial charge in [0.2, 0.25) is 0 Å². The third kappa shape index (κ3) is 2.28. The van der Waals surface area contributed by atoms with Crippen molar-refractivity contribution in [2.45, 2.75) is 18.9 Å². The maximum absolute atomic E-state index is 10.4. The normalized spacial score (nSPS) is 24.2. The Kier molecular flexibility index (Phi) is 3.19. The number of carboxylic acid groups (broad SMARTS) is 1. The van der Waals surface area contributed by atoms with Crippen LogP contribution >= 0.6 is 0 Å². The first-order chi connectivity index (χ1) is 5.74. The average molecular weight is 172 g/mol. The third-order valence-electron chi connectivity index (χ3n) is 1.89. The van der Waals surface area contributed by atoms with E-state index in [1.54, 1.807) is 5.01 Å². The van der Waals surface area contributed by atoms with Crippen LogP contribution in [0.3, 0.4) is 0 Å². The van der Waals surface area contributed by atoms with E-state index < -0.39 is 5.97 Å². The molecule has 0 aliphatic carbocycles. The SMILES string of the molecule is O=CC1CCCN1NCC(=O)O. The number of hydrogen-bond acceptors (Lipinski definition) is 4. The van der Waals surface area contributed by atoms with E-state index in [0.717, 1.165) is 25.7 Å². The third-order valence-corrected chi connectivity index (χ3v) is 1.89. The van der Waals surface area contributed by atoms with Gasteiger partial charge in [0, 0.05) is 6.54 Å². The standard InChI is InChI=1S/C7H12N2O3/c10-5-6-2-1-3-9(6)8-4-7(11)12/h5-6,8H,1-4H2,(H,11,12). The number of hydrogen-bond donors (Lipinski definition) is 2. The topological polar surface area (TPSA) is 69.6 Å². The van der Waals surface area contributed by atoms with Gasteiger partial charge in [0.05, 0.1) is 6.04 Å². The second-order valence-electron chi connectivity index (χ2n) is 2.77. The minimum Gasteiger partial charge on any atom is -0.480 e. The van der Waals surface area contributed by atoms with Gasteiger partial charge in [-0.3, -0.25) is 4.79 Å². The highest BCUT2D eigenvalue weighted by atomic mass is 16.4. The molecule has 1 rings (SSSR count). The molecular weight excluding hydrogens is 160 g/mol. The van der Waals surface area contributed by atoms with Crippen LogP contribution in [0.1, 0.15) is 12.8 Å². The fourth-order valence-electron chi connectivity index (χ4n) is 1.30. The van der Waals surface area contributed by atoms with Crippen LogP contribution in [0.25, 0.3) is 0 Å². The van der Waals surface area contributed by atoms with Crippen molar-refractivity contribution in [2.24, 2.45) is 0 Å². The zero-order valence-corrected chi connectivity index (χ0v) is 6.69. The van der Waals surface area contributed by atoms with E-state index >= 15 is 0 Å². The van der Waals surface area contributed by atoms with Gasteiger partial charge in [0.25, 0.3) is 0 Å². The molecule has 0 radical (unpaired) electrons. The Bertz CT molecular complexity index is 183.